The van der Waals surface area contributed by atoms with Gasteiger partial charge in [0.05, 0.1) is 6.10 Å². The third-order valence-electron chi connectivity index (χ3n) is 4.15. The van der Waals surface area contributed by atoms with Crippen LogP contribution in [0, 0.1) is 0 Å². The zero-order valence-corrected chi connectivity index (χ0v) is 11.1. The van der Waals surface area contributed by atoms with E-state index in [0.29, 0.717) is 18.6 Å². The highest BCUT2D eigenvalue weighted by molar-refractivity contribution is 5.66. The third-order valence-corrected chi connectivity index (χ3v) is 4.15. The molecule has 2 aliphatic rings. The maximum absolute atomic E-state index is 10.7. The fourth-order valence-corrected chi connectivity index (χ4v) is 3.13. The van der Waals surface area contributed by atoms with Gasteiger partial charge in [-0.25, -0.2) is 0 Å². The Kier molecular flexibility index (Phi) is 5.45. The number of nitrogens with zero attached hydrogens (tertiary/aromatic N) is 1. The number of piperidine rings is 1. The van der Waals surface area contributed by atoms with E-state index in [-0.39, 0.29) is 0 Å². The van der Waals surface area contributed by atoms with Gasteiger partial charge >= 0.3 is 5.97 Å². The predicted molar refractivity (Wildman–Crippen MR) is 69.7 cm³/mol. The topological polar surface area (TPSA) is 49.8 Å². The molecule has 0 radical (unpaired) electrons. The lowest BCUT2D eigenvalue weighted by Gasteiger charge is -2.38. The van der Waals surface area contributed by atoms with Gasteiger partial charge in [-0.15, -0.1) is 0 Å². The van der Waals surface area contributed by atoms with E-state index in [1.807, 2.05) is 0 Å². The number of ether oxygens (including phenoxy) is 1. The summed E-state index contributed by atoms with van der Waals surface area (Å²) in [5.74, 6) is -0.672. The molecule has 0 aromatic rings. The van der Waals surface area contributed by atoms with E-state index in [0.717, 1.165) is 32.5 Å². The maximum atomic E-state index is 10.7. The predicted octanol–water partition coefficient (Wildman–Crippen LogP) is 2.27. The van der Waals surface area contributed by atoms with Crippen molar-refractivity contribution in [2.75, 3.05) is 19.7 Å². The molecule has 4 heteroatoms. The Bertz CT molecular complexity index is 264. The largest absolute Gasteiger partial charge is 0.481 e. The van der Waals surface area contributed by atoms with Gasteiger partial charge in [-0.1, -0.05) is 6.42 Å². The first kappa shape index (κ1) is 13.8. The van der Waals surface area contributed by atoms with Gasteiger partial charge in [0, 0.05) is 25.6 Å². The van der Waals surface area contributed by atoms with Crippen molar-refractivity contribution in [1.29, 1.82) is 0 Å². The van der Waals surface area contributed by atoms with E-state index >= 15 is 0 Å². The Morgan fingerprint density at radius 3 is 2.78 bits per heavy atom. The second-order valence-electron chi connectivity index (χ2n) is 5.57. The van der Waals surface area contributed by atoms with Crippen molar-refractivity contribution in [2.45, 2.75) is 63.5 Å². The highest BCUT2D eigenvalue weighted by Gasteiger charge is 2.26. The average molecular weight is 255 g/mol. The van der Waals surface area contributed by atoms with Gasteiger partial charge in [0.25, 0.3) is 0 Å². The van der Waals surface area contributed by atoms with Gasteiger partial charge in [-0.05, 0) is 45.1 Å². The summed E-state index contributed by atoms with van der Waals surface area (Å²) in [5, 5.41) is 8.81. The average Bonchev–Trinajstić information content (AvgIpc) is 2.39. The molecule has 0 aliphatic carbocycles. The fourth-order valence-electron chi connectivity index (χ4n) is 3.13. The van der Waals surface area contributed by atoms with E-state index in [2.05, 4.69) is 4.90 Å². The molecule has 0 saturated carbocycles. The molecular weight excluding hydrogens is 230 g/mol. The lowest BCUT2D eigenvalue weighted by molar-refractivity contribution is -0.137. The van der Waals surface area contributed by atoms with Gasteiger partial charge in [0.2, 0.25) is 0 Å². The molecule has 1 N–H and O–H groups in total. The zero-order chi connectivity index (χ0) is 12.8. The maximum Gasteiger partial charge on any atom is 0.303 e. The molecule has 18 heavy (non-hydrogen) atoms. The van der Waals surface area contributed by atoms with Crippen molar-refractivity contribution in [3.8, 4) is 0 Å². The summed E-state index contributed by atoms with van der Waals surface area (Å²) in [7, 11) is 0. The van der Waals surface area contributed by atoms with Crippen LogP contribution in [0.15, 0.2) is 0 Å². The summed E-state index contributed by atoms with van der Waals surface area (Å²) in [5.41, 5.74) is 0. The van der Waals surface area contributed by atoms with Gasteiger partial charge in [0.15, 0.2) is 0 Å². The monoisotopic (exact) mass is 255 g/mol. The Hall–Kier alpha value is -0.610. The molecule has 2 atom stereocenters. The molecule has 104 valence electrons. The van der Waals surface area contributed by atoms with Crippen LogP contribution in [0.1, 0.15) is 51.4 Å². The standard InChI is InChI=1S/C14H25NO3/c16-14(17)8-7-12-5-1-3-9-15(12)11-13-6-2-4-10-18-13/h12-13H,1-11H2,(H,16,17). The van der Waals surface area contributed by atoms with Crippen molar-refractivity contribution >= 4 is 5.97 Å². The summed E-state index contributed by atoms with van der Waals surface area (Å²) in [4.78, 5) is 13.2. The van der Waals surface area contributed by atoms with E-state index in [9.17, 15) is 4.79 Å². The Labute approximate surface area is 109 Å². The number of aliphatic carboxylic acids is 1. The number of hydrogen-bond acceptors (Lipinski definition) is 3. The third kappa shape index (κ3) is 4.25. The molecule has 2 aliphatic heterocycles. The number of hydrogen-bond donors (Lipinski definition) is 1. The molecule has 2 heterocycles. The highest BCUT2D eigenvalue weighted by atomic mass is 16.5. The Morgan fingerprint density at radius 1 is 1.22 bits per heavy atom. The molecule has 0 amide bonds. The lowest BCUT2D eigenvalue weighted by Crippen LogP contribution is -2.45. The Balaban J connectivity index is 1.80. The summed E-state index contributed by atoms with van der Waals surface area (Å²) in [6.45, 7) is 3.02. The van der Waals surface area contributed by atoms with E-state index < -0.39 is 5.97 Å². The van der Waals surface area contributed by atoms with E-state index in [1.165, 1.54) is 32.1 Å². The first-order valence-corrected chi connectivity index (χ1v) is 7.33. The fraction of sp³-hybridized carbons (Fsp3) is 0.929. The van der Waals surface area contributed by atoms with Crippen LogP contribution in [0.2, 0.25) is 0 Å². The number of likely N-dealkylation sites (tertiary alicyclic amines) is 1. The number of rotatable bonds is 5. The zero-order valence-electron chi connectivity index (χ0n) is 11.1. The first-order chi connectivity index (χ1) is 8.75. The summed E-state index contributed by atoms with van der Waals surface area (Å²) in [6, 6.07) is 0.459. The lowest BCUT2D eigenvalue weighted by atomic mass is 9.96. The van der Waals surface area contributed by atoms with Gasteiger partial charge in [-0.3, -0.25) is 9.69 Å². The van der Waals surface area contributed by atoms with Gasteiger partial charge < -0.3 is 9.84 Å². The second kappa shape index (κ2) is 7.10. The van der Waals surface area contributed by atoms with Crippen molar-refractivity contribution in [2.24, 2.45) is 0 Å². The van der Waals surface area contributed by atoms with Crippen molar-refractivity contribution in [3.05, 3.63) is 0 Å². The van der Waals surface area contributed by atoms with Crippen LogP contribution in [-0.4, -0.2) is 47.8 Å². The summed E-state index contributed by atoms with van der Waals surface area (Å²) < 4.78 is 5.80. The molecule has 0 spiro atoms. The SMILES string of the molecule is O=C(O)CCC1CCCCN1CC1CCCCO1. The van der Waals surface area contributed by atoms with Gasteiger partial charge in [0.1, 0.15) is 0 Å². The van der Waals surface area contributed by atoms with Gasteiger partial charge in [-0.2, -0.15) is 0 Å². The number of carbonyl (C=O) groups is 1. The van der Waals surface area contributed by atoms with Crippen LogP contribution in [0.25, 0.3) is 0 Å². The van der Waals surface area contributed by atoms with E-state index in [4.69, 9.17) is 9.84 Å². The van der Waals surface area contributed by atoms with Crippen molar-refractivity contribution in [1.82, 2.24) is 4.90 Å². The molecule has 0 bridgehead atoms. The summed E-state index contributed by atoms with van der Waals surface area (Å²) in [6.07, 6.45) is 8.75. The summed E-state index contributed by atoms with van der Waals surface area (Å²) >= 11 is 0. The smallest absolute Gasteiger partial charge is 0.303 e. The molecule has 4 nitrogen and oxygen atoms in total. The molecule has 2 rings (SSSR count). The highest BCUT2D eigenvalue weighted by Crippen LogP contribution is 2.23. The molecular formula is C14H25NO3. The quantitative estimate of drug-likeness (QED) is 0.818. The minimum Gasteiger partial charge on any atom is -0.481 e. The van der Waals surface area contributed by atoms with Crippen LogP contribution < -0.4 is 0 Å². The van der Waals surface area contributed by atoms with Crippen molar-refractivity contribution < 1.29 is 14.6 Å². The molecule has 0 aromatic carbocycles. The second-order valence-corrected chi connectivity index (χ2v) is 5.57. The molecule has 2 saturated heterocycles. The van der Waals surface area contributed by atoms with Crippen LogP contribution in [0.4, 0.5) is 0 Å². The first-order valence-electron chi connectivity index (χ1n) is 7.33. The van der Waals surface area contributed by atoms with Crippen LogP contribution >= 0.6 is 0 Å². The molecule has 2 unspecified atom stereocenters. The van der Waals surface area contributed by atoms with Crippen molar-refractivity contribution in [3.63, 3.8) is 0 Å². The minimum absolute atomic E-state index is 0.298. The Morgan fingerprint density at radius 2 is 2.06 bits per heavy atom. The van der Waals surface area contributed by atoms with Crippen LogP contribution in [-0.2, 0) is 9.53 Å². The molecule has 2 fully saturated rings. The molecule has 0 aromatic heterocycles. The number of carboxylic acid groups (broad SMARTS) is 1. The minimum atomic E-state index is -0.672. The normalized spacial score (nSPS) is 30.2. The number of carboxylic acids is 1. The van der Waals surface area contributed by atoms with E-state index in [1.54, 1.807) is 0 Å². The van der Waals surface area contributed by atoms with Crippen LogP contribution in [0.5, 0.6) is 0 Å². The van der Waals surface area contributed by atoms with Crippen LogP contribution in [0.3, 0.4) is 0 Å².